The minimum absolute atomic E-state index is 0.0525. The smallest absolute Gasteiger partial charge is 0.276 e. The van der Waals surface area contributed by atoms with Crippen LogP contribution in [0.2, 0.25) is 0 Å². The second kappa shape index (κ2) is 11.1. The quantitative estimate of drug-likeness (QED) is 0.195. The van der Waals surface area contributed by atoms with Crippen LogP contribution in [-0.4, -0.2) is 44.8 Å². The first kappa shape index (κ1) is 25.6. The monoisotopic (exact) mass is 522 g/mol. The highest BCUT2D eigenvalue weighted by molar-refractivity contribution is 6.07. The fraction of sp³-hybridized carbons (Fsp3) is 0.167. The Balaban J connectivity index is 1.18. The van der Waals surface area contributed by atoms with Crippen molar-refractivity contribution in [2.45, 2.75) is 18.8 Å². The van der Waals surface area contributed by atoms with Gasteiger partial charge in [-0.2, -0.15) is 0 Å². The number of benzene rings is 3. The van der Waals surface area contributed by atoms with Crippen LogP contribution in [0.4, 0.5) is 11.4 Å². The van der Waals surface area contributed by atoms with E-state index in [4.69, 9.17) is 0 Å². The fourth-order valence-corrected chi connectivity index (χ4v) is 4.92. The number of para-hydroxylation sites is 2. The zero-order chi connectivity index (χ0) is 27.4. The second-order valence-corrected chi connectivity index (χ2v) is 9.36. The Kier molecular flexibility index (Phi) is 7.31. The molecule has 1 fully saturated rings. The normalized spacial score (nSPS) is 14.0. The molecule has 0 saturated carbocycles. The predicted octanol–water partition coefficient (Wildman–Crippen LogP) is 5.52. The SMILES string of the molecule is O=C(/C=C/c1ccccc1[N+](=O)[O-])Nc1ccc(C2CCN(C(=O)c3ccnc4c(O)cccc34)CC2)cc1. The highest BCUT2D eigenvalue weighted by Gasteiger charge is 2.26. The Morgan fingerprint density at radius 3 is 2.49 bits per heavy atom. The number of nitrogens with zero attached hydrogens (tertiary/aromatic N) is 3. The molecule has 2 N–H and O–H groups in total. The summed E-state index contributed by atoms with van der Waals surface area (Å²) in [6.07, 6.45) is 5.86. The van der Waals surface area contributed by atoms with Crippen LogP contribution in [0.3, 0.4) is 0 Å². The molecular weight excluding hydrogens is 496 g/mol. The molecule has 1 aliphatic heterocycles. The molecule has 4 aromatic rings. The number of amides is 2. The Bertz CT molecular complexity index is 1570. The van der Waals surface area contributed by atoms with Gasteiger partial charge < -0.3 is 15.3 Å². The summed E-state index contributed by atoms with van der Waals surface area (Å²) in [4.78, 5) is 42.3. The van der Waals surface area contributed by atoms with Crippen molar-refractivity contribution < 1.29 is 19.6 Å². The molecule has 1 aromatic heterocycles. The minimum Gasteiger partial charge on any atom is -0.506 e. The van der Waals surface area contributed by atoms with Crippen LogP contribution >= 0.6 is 0 Å². The lowest BCUT2D eigenvalue weighted by Crippen LogP contribution is -2.38. The van der Waals surface area contributed by atoms with Gasteiger partial charge in [-0.15, -0.1) is 0 Å². The molecule has 0 bridgehead atoms. The van der Waals surface area contributed by atoms with Crippen LogP contribution in [0.1, 0.15) is 40.2 Å². The number of phenolic OH excluding ortho intramolecular Hbond substituents is 1. The van der Waals surface area contributed by atoms with E-state index in [9.17, 15) is 24.8 Å². The molecule has 0 spiro atoms. The maximum absolute atomic E-state index is 13.2. The molecule has 2 heterocycles. The number of anilines is 1. The average Bonchev–Trinajstić information content (AvgIpc) is 2.96. The van der Waals surface area contributed by atoms with E-state index in [0.29, 0.717) is 40.8 Å². The Morgan fingerprint density at radius 2 is 1.74 bits per heavy atom. The molecule has 5 rings (SSSR count). The number of nitro benzene ring substituents is 1. The van der Waals surface area contributed by atoms with Crippen molar-refractivity contribution >= 4 is 40.2 Å². The predicted molar refractivity (Wildman–Crippen MR) is 148 cm³/mol. The fourth-order valence-electron chi connectivity index (χ4n) is 4.92. The number of piperidine rings is 1. The van der Waals surface area contributed by atoms with Gasteiger partial charge >= 0.3 is 0 Å². The maximum Gasteiger partial charge on any atom is 0.276 e. The van der Waals surface area contributed by atoms with Crippen LogP contribution in [0.25, 0.3) is 17.0 Å². The first-order chi connectivity index (χ1) is 18.9. The first-order valence-electron chi connectivity index (χ1n) is 12.6. The largest absolute Gasteiger partial charge is 0.506 e. The number of nitro groups is 1. The number of hydrogen-bond acceptors (Lipinski definition) is 6. The summed E-state index contributed by atoms with van der Waals surface area (Å²) >= 11 is 0. The molecule has 1 saturated heterocycles. The molecule has 9 nitrogen and oxygen atoms in total. The van der Waals surface area contributed by atoms with Crippen molar-refractivity contribution in [1.29, 1.82) is 0 Å². The highest BCUT2D eigenvalue weighted by atomic mass is 16.6. The maximum atomic E-state index is 13.2. The number of hydrogen-bond donors (Lipinski definition) is 2. The van der Waals surface area contributed by atoms with Gasteiger partial charge in [0.1, 0.15) is 11.3 Å². The third-order valence-corrected chi connectivity index (χ3v) is 6.96. The van der Waals surface area contributed by atoms with Crippen molar-refractivity contribution in [3.8, 4) is 5.75 Å². The minimum atomic E-state index is -0.483. The summed E-state index contributed by atoms with van der Waals surface area (Å²) in [5, 5.41) is 24.6. The lowest BCUT2D eigenvalue weighted by atomic mass is 9.89. The molecule has 0 aliphatic carbocycles. The van der Waals surface area contributed by atoms with Crippen LogP contribution < -0.4 is 5.32 Å². The lowest BCUT2D eigenvalue weighted by molar-refractivity contribution is -0.385. The number of phenols is 1. The van der Waals surface area contributed by atoms with Gasteiger partial charge in [-0.3, -0.25) is 24.7 Å². The van der Waals surface area contributed by atoms with Crippen molar-refractivity contribution in [3.63, 3.8) is 0 Å². The molecule has 39 heavy (non-hydrogen) atoms. The zero-order valence-corrected chi connectivity index (χ0v) is 21.0. The van der Waals surface area contributed by atoms with Crippen LogP contribution in [0, 0.1) is 10.1 Å². The van der Waals surface area contributed by atoms with E-state index in [1.807, 2.05) is 29.2 Å². The van der Waals surface area contributed by atoms with Gasteiger partial charge in [0.2, 0.25) is 5.91 Å². The van der Waals surface area contributed by atoms with Crippen molar-refractivity contribution in [2.75, 3.05) is 18.4 Å². The number of carbonyl (C=O) groups is 2. The van der Waals surface area contributed by atoms with Gasteiger partial charge in [-0.1, -0.05) is 36.4 Å². The van der Waals surface area contributed by atoms with Crippen molar-refractivity contribution in [3.05, 3.63) is 112 Å². The number of aromatic hydroxyl groups is 1. The van der Waals surface area contributed by atoms with Gasteiger partial charge in [0.05, 0.1) is 16.1 Å². The van der Waals surface area contributed by atoms with Crippen LogP contribution in [0.15, 0.2) is 85.1 Å². The number of carbonyl (C=O) groups excluding carboxylic acids is 2. The first-order valence-corrected chi connectivity index (χ1v) is 12.6. The Labute approximate surface area is 224 Å². The molecule has 0 radical (unpaired) electrons. The molecule has 9 heteroatoms. The molecule has 2 amide bonds. The highest BCUT2D eigenvalue weighted by Crippen LogP contribution is 2.31. The summed E-state index contributed by atoms with van der Waals surface area (Å²) in [6, 6.07) is 20.6. The molecular formula is C30H26N4O5. The Hall–Kier alpha value is -5.05. The van der Waals surface area contributed by atoms with E-state index in [1.165, 1.54) is 18.2 Å². The van der Waals surface area contributed by atoms with E-state index in [2.05, 4.69) is 10.3 Å². The summed E-state index contributed by atoms with van der Waals surface area (Å²) in [5.41, 5.74) is 3.00. The number of likely N-dealkylation sites (tertiary alicyclic amines) is 1. The van der Waals surface area contributed by atoms with E-state index in [0.717, 1.165) is 18.4 Å². The van der Waals surface area contributed by atoms with Crippen LogP contribution in [-0.2, 0) is 4.79 Å². The summed E-state index contributed by atoms with van der Waals surface area (Å²) in [6.45, 7) is 1.22. The van der Waals surface area contributed by atoms with Gasteiger partial charge in [0, 0.05) is 42.5 Å². The Morgan fingerprint density at radius 1 is 1.00 bits per heavy atom. The molecule has 1 aliphatic rings. The van der Waals surface area contributed by atoms with E-state index < -0.39 is 4.92 Å². The van der Waals surface area contributed by atoms with Gasteiger partial charge in [0.15, 0.2) is 0 Å². The van der Waals surface area contributed by atoms with Crippen LogP contribution in [0.5, 0.6) is 5.75 Å². The summed E-state index contributed by atoms with van der Waals surface area (Å²) in [7, 11) is 0. The molecule has 196 valence electrons. The third-order valence-electron chi connectivity index (χ3n) is 6.96. The summed E-state index contributed by atoms with van der Waals surface area (Å²) < 4.78 is 0. The second-order valence-electron chi connectivity index (χ2n) is 9.36. The van der Waals surface area contributed by atoms with E-state index >= 15 is 0 Å². The zero-order valence-electron chi connectivity index (χ0n) is 21.0. The molecule has 0 unspecified atom stereocenters. The molecule has 3 aromatic carbocycles. The number of aromatic nitrogens is 1. The molecule has 0 atom stereocenters. The summed E-state index contributed by atoms with van der Waals surface area (Å²) in [5.74, 6) is -0.115. The topological polar surface area (TPSA) is 126 Å². The third kappa shape index (κ3) is 5.62. The van der Waals surface area contributed by atoms with Gasteiger partial charge in [-0.05, 0) is 60.7 Å². The lowest BCUT2D eigenvalue weighted by Gasteiger charge is -2.32. The standard InChI is InChI=1S/C30H26N4O5/c35-27-7-3-5-24-25(14-17-31-29(24)27)30(37)33-18-15-21(16-19-33)20-8-11-23(12-9-20)32-28(36)13-10-22-4-1-2-6-26(22)34(38)39/h1-14,17,21,35H,15-16,18-19H2,(H,32,36)/b13-10+. The van der Waals surface area contributed by atoms with E-state index in [1.54, 1.807) is 48.7 Å². The van der Waals surface area contributed by atoms with Crippen molar-refractivity contribution in [1.82, 2.24) is 9.88 Å². The number of rotatable bonds is 6. The number of fused-ring (bicyclic) bond motifs is 1. The van der Waals surface area contributed by atoms with Gasteiger partial charge in [0.25, 0.3) is 11.6 Å². The van der Waals surface area contributed by atoms with E-state index in [-0.39, 0.29) is 29.2 Å². The number of pyridine rings is 1. The van der Waals surface area contributed by atoms with Gasteiger partial charge in [-0.25, -0.2) is 0 Å². The average molecular weight is 523 g/mol. The number of nitrogens with one attached hydrogen (secondary N) is 1. The van der Waals surface area contributed by atoms with Crippen molar-refractivity contribution in [2.24, 2.45) is 0 Å².